The summed E-state index contributed by atoms with van der Waals surface area (Å²) in [6.07, 6.45) is 1.79. The van der Waals surface area contributed by atoms with Crippen molar-refractivity contribution in [3.05, 3.63) is 59.5 Å². The number of furan rings is 1. The molecule has 1 unspecified atom stereocenters. The average Bonchev–Trinajstić information content (AvgIpc) is 2.84. The third-order valence-corrected chi connectivity index (χ3v) is 4.03. The van der Waals surface area contributed by atoms with Gasteiger partial charge in [0.05, 0.1) is 18.9 Å². The molecule has 1 aromatic heterocycles. The molecule has 1 heterocycles. The van der Waals surface area contributed by atoms with Crippen molar-refractivity contribution in [1.29, 1.82) is 0 Å². The highest BCUT2D eigenvalue weighted by Crippen LogP contribution is 2.20. The standard InChI is InChI=1S/C17H23NO2Si/c1-14-10-11-16(20-14)12-18-17(13-19-21(2,3)4)15-8-6-5-7-9-15/h5-12,17H,13H2,1-4H3. The molecule has 21 heavy (non-hydrogen) atoms. The molecule has 0 bridgehead atoms. The van der Waals surface area contributed by atoms with E-state index in [1.54, 1.807) is 6.21 Å². The zero-order valence-electron chi connectivity index (χ0n) is 13.2. The van der Waals surface area contributed by atoms with Crippen molar-refractivity contribution in [2.75, 3.05) is 6.61 Å². The van der Waals surface area contributed by atoms with E-state index in [4.69, 9.17) is 8.84 Å². The van der Waals surface area contributed by atoms with Crippen molar-refractivity contribution in [3.8, 4) is 0 Å². The molecule has 0 aliphatic rings. The molecule has 3 nitrogen and oxygen atoms in total. The maximum absolute atomic E-state index is 6.03. The van der Waals surface area contributed by atoms with Gasteiger partial charge in [-0.2, -0.15) is 0 Å². The molecule has 0 aliphatic carbocycles. The summed E-state index contributed by atoms with van der Waals surface area (Å²) in [5, 5.41) is 0. The van der Waals surface area contributed by atoms with Gasteiger partial charge in [-0.25, -0.2) is 0 Å². The Morgan fingerprint density at radius 1 is 1.14 bits per heavy atom. The van der Waals surface area contributed by atoms with Gasteiger partial charge in [0.1, 0.15) is 11.5 Å². The van der Waals surface area contributed by atoms with Crippen LogP contribution in [0.15, 0.2) is 51.9 Å². The first-order valence-electron chi connectivity index (χ1n) is 7.22. The second-order valence-electron chi connectivity index (χ2n) is 6.08. The lowest BCUT2D eigenvalue weighted by Crippen LogP contribution is -2.27. The maximum Gasteiger partial charge on any atom is 0.183 e. The maximum atomic E-state index is 6.03. The van der Waals surface area contributed by atoms with E-state index in [0.29, 0.717) is 6.61 Å². The molecule has 0 fully saturated rings. The smallest absolute Gasteiger partial charge is 0.183 e. The zero-order valence-corrected chi connectivity index (χ0v) is 14.2. The van der Waals surface area contributed by atoms with Gasteiger partial charge >= 0.3 is 0 Å². The molecule has 1 atom stereocenters. The van der Waals surface area contributed by atoms with Gasteiger partial charge in [0.15, 0.2) is 8.32 Å². The summed E-state index contributed by atoms with van der Waals surface area (Å²) < 4.78 is 11.6. The average molecular weight is 301 g/mol. The number of hydrogen-bond donors (Lipinski definition) is 0. The SMILES string of the molecule is Cc1ccc(C=NC(CO[Si](C)(C)C)c2ccccc2)o1. The van der Waals surface area contributed by atoms with Gasteiger partial charge in [-0.15, -0.1) is 0 Å². The minimum absolute atomic E-state index is 0.00308. The van der Waals surface area contributed by atoms with Crippen LogP contribution in [-0.4, -0.2) is 21.1 Å². The van der Waals surface area contributed by atoms with Gasteiger partial charge in [-0.1, -0.05) is 30.3 Å². The number of benzene rings is 1. The normalized spacial score (nSPS) is 13.7. The van der Waals surface area contributed by atoms with E-state index in [1.807, 2.05) is 37.3 Å². The fourth-order valence-electron chi connectivity index (χ4n) is 1.92. The van der Waals surface area contributed by atoms with E-state index in [2.05, 4.69) is 36.8 Å². The van der Waals surface area contributed by atoms with Crippen molar-refractivity contribution in [2.24, 2.45) is 4.99 Å². The zero-order chi connectivity index (χ0) is 15.3. The van der Waals surface area contributed by atoms with Crippen LogP contribution in [-0.2, 0) is 4.43 Å². The Bertz CT molecular complexity index is 584. The number of nitrogens with zero attached hydrogens (tertiary/aromatic N) is 1. The quantitative estimate of drug-likeness (QED) is 0.577. The van der Waals surface area contributed by atoms with Gasteiger partial charge < -0.3 is 8.84 Å². The van der Waals surface area contributed by atoms with Crippen LogP contribution < -0.4 is 0 Å². The minimum atomic E-state index is -1.55. The Hall–Kier alpha value is -1.65. The predicted octanol–water partition coefficient (Wildman–Crippen LogP) is 4.60. The molecular weight excluding hydrogens is 278 g/mol. The summed E-state index contributed by atoms with van der Waals surface area (Å²) in [4.78, 5) is 4.66. The van der Waals surface area contributed by atoms with E-state index >= 15 is 0 Å². The topological polar surface area (TPSA) is 34.7 Å². The summed E-state index contributed by atoms with van der Waals surface area (Å²) in [6.45, 7) is 9.11. The Balaban J connectivity index is 2.13. The molecule has 0 spiro atoms. The van der Waals surface area contributed by atoms with Crippen LogP contribution in [0.3, 0.4) is 0 Å². The Labute approximate surface area is 127 Å². The van der Waals surface area contributed by atoms with Crippen LogP contribution in [0, 0.1) is 6.92 Å². The molecule has 2 rings (SSSR count). The molecule has 0 aliphatic heterocycles. The lowest BCUT2D eigenvalue weighted by Gasteiger charge is -2.21. The highest BCUT2D eigenvalue weighted by Gasteiger charge is 2.18. The molecule has 1 aromatic carbocycles. The van der Waals surface area contributed by atoms with E-state index in [1.165, 1.54) is 0 Å². The van der Waals surface area contributed by atoms with Gasteiger partial charge in [-0.3, -0.25) is 4.99 Å². The highest BCUT2D eigenvalue weighted by atomic mass is 28.4. The number of rotatable bonds is 6. The molecule has 0 amide bonds. The second kappa shape index (κ2) is 6.87. The van der Waals surface area contributed by atoms with Gasteiger partial charge in [0, 0.05) is 0 Å². The minimum Gasteiger partial charge on any atom is -0.460 e. The van der Waals surface area contributed by atoms with E-state index in [9.17, 15) is 0 Å². The lowest BCUT2D eigenvalue weighted by molar-refractivity contribution is 0.285. The molecular formula is C17H23NO2Si. The largest absolute Gasteiger partial charge is 0.460 e. The van der Waals surface area contributed by atoms with Crippen molar-refractivity contribution in [2.45, 2.75) is 32.6 Å². The van der Waals surface area contributed by atoms with Crippen molar-refractivity contribution >= 4 is 14.5 Å². The van der Waals surface area contributed by atoms with Gasteiger partial charge in [0.25, 0.3) is 0 Å². The first kappa shape index (κ1) is 15.7. The molecule has 2 aromatic rings. The number of hydrogen-bond acceptors (Lipinski definition) is 3. The van der Waals surface area contributed by atoms with Crippen molar-refractivity contribution in [1.82, 2.24) is 0 Å². The summed E-state index contributed by atoms with van der Waals surface area (Å²) in [7, 11) is -1.55. The van der Waals surface area contributed by atoms with Crippen LogP contribution in [0.25, 0.3) is 0 Å². The fourth-order valence-corrected chi connectivity index (χ4v) is 2.57. The van der Waals surface area contributed by atoms with Crippen LogP contribution >= 0.6 is 0 Å². The van der Waals surface area contributed by atoms with Crippen molar-refractivity contribution < 1.29 is 8.84 Å². The summed E-state index contributed by atoms with van der Waals surface area (Å²) in [6, 6.07) is 14.1. The molecule has 0 saturated heterocycles. The Morgan fingerprint density at radius 2 is 1.86 bits per heavy atom. The van der Waals surface area contributed by atoms with Crippen LogP contribution in [0.2, 0.25) is 19.6 Å². The third-order valence-electron chi connectivity index (χ3n) is 3.00. The van der Waals surface area contributed by atoms with E-state index < -0.39 is 8.32 Å². The van der Waals surface area contributed by atoms with Crippen LogP contribution in [0.5, 0.6) is 0 Å². The highest BCUT2D eigenvalue weighted by molar-refractivity contribution is 6.69. The van der Waals surface area contributed by atoms with Gasteiger partial charge in [0.2, 0.25) is 0 Å². The van der Waals surface area contributed by atoms with Crippen LogP contribution in [0.1, 0.15) is 23.1 Å². The Kier molecular flexibility index (Phi) is 5.15. The first-order chi connectivity index (χ1) is 9.94. The summed E-state index contributed by atoms with van der Waals surface area (Å²) >= 11 is 0. The first-order valence-corrected chi connectivity index (χ1v) is 10.6. The monoisotopic (exact) mass is 301 g/mol. The molecule has 0 saturated carbocycles. The predicted molar refractivity (Wildman–Crippen MR) is 89.5 cm³/mol. The summed E-state index contributed by atoms with van der Waals surface area (Å²) in [5.41, 5.74) is 1.16. The summed E-state index contributed by atoms with van der Waals surface area (Å²) in [5.74, 6) is 1.67. The van der Waals surface area contributed by atoms with E-state index in [-0.39, 0.29) is 6.04 Å². The fraction of sp³-hybridized carbons (Fsp3) is 0.353. The molecule has 0 N–H and O–H groups in total. The number of aliphatic imine (C=N–C) groups is 1. The van der Waals surface area contributed by atoms with E-state index in [0.717, 1.165) is 17.1 Å². The third kappa shape index (κ3) is 5.32. The molecule has 112 valence electrons. The molecule has 4 heteroatoms. The van der Waals surface area contributed by atoms with Gasteiger partial charge in [-0.05, 0) is 44.3 Å². The number of aryl methyl sites for hydroxylation is 1. The lowest BCUT2D eigenvalue weighted by atomic mass is 10.1. The van der Waals surface area contributed by atoms with Crippen LogP contribution in [0.4, 0.5) is 0 Å². The Morgan fingerprint density at radius 3 is 2.43 bits per heavy atom. The van der Waals surface area contributed by atoms with Crippen molar-refractivity contribution in [3.63, 3.8) is 0 Å². The second-order valence-corrected chi connectivity index (χ2v) is 10.6. The molecule has 0 radical (unpaired) electrons.